The Morgan fingerprint density at radius 3 is 2.21 bits per heavy atom. The third-order valence-corrected chi connectivity index (χ3v) is 9.88. The number of anilines is 2. The molecule has 320 valence electrons. The molecule has 0 saturated carbocycles. The van der Waals surface area contributed by atoms with Gasteiger partial charge in [-0.2, -0.15) is 15.3 Å². The van der Waals surface area contributed by atoms with Crippen molar-refractivity contribution in [3.05, 3.63) is 82.5 Å². The molecule has 1 aliphatic rings. The van der Waals surface area contributed by atoms with Crippen molar-refractivity contribution in [3.8, 4) is 11.5 Å². The minimum Gasteiger partial charge on any atom is -0.491 e. The molecule has 5 heterocycles. The van der Waals surface area contributed by atoms with Gasteiger partial charge in [-0.1, -0.05) is 12.2 Å². The normalized spacial score (nSPS) is 13.8. The smallest absolute Gasteiger partial charge is 0.276 e. The van der Waals surface area contributed by atoms with E-state index in [-0.39, 0.29) is 63.6 Å². The maximum atomic E-state index is 13.7. The molecule has 21 heteroatoms. The number of aldehydes is 1. The highest BCUT2D eigenvalue weighted by Crippen LogP contribution is 2.33. The van der Waals surface area contributed by atoms with Crippen LogP contribution in [0.4, 0.5) is 11.9 Å². The van der Waals surface area contributed by atoms with E-state index in [2.05, 4.69) is 36.8 Å². The van der Waals surface area contributed by atoms with Crippen LogP contribution in [-0.4, -0.2) is 82.4 Å². The molecule has 61 heavy (non-hydrogen) atoms. The average Bonchev–Trinajstić information content (AvgIpc) is 4.02. The zero-order chi connectivity index (χ0) is 43.0. The van der Waals surface area contributed by atoms with Crippen LogP contribution in [0.2, 0.25) is 0 Å². The number of hydrogen-bond acceptors (Lipinski definition) is 14. The summed E-state index contributed by atoms with van der Waals surface area (Å²) in [5.41, 5.74) is 11.1. The number of amidine groups is 1. The van der Waals surface area contributed by atoms with Crippen LogP contribution in [0, 0.1) is 13.8 Å². The van der Waals surface area contributed by atoms with Crippen molar-refractivity contribution >= 4 is 57.9 Å². The number of amides is 2. The van der Waals surface area contributed by atoms with Gasteiger partial charge in [-0.15, -0.1) is 0 Å². The van der Waals surface area contributed by atoms with E-state index in [1.165, 1.54) is 0 Å². The molecule has 7 rings (SSSR count). The molecule has 2 amide bonds. The van der Waals surface area contributed by atoms with E-state index in [4.69, 9.17) is 36.0 Å². The number of imidazole rings is 2. The van der Waals surface area contributed by atoms with Crippen molar-refractivity contribution in [2.24, 2.45) is 16.8 Å². The number of nitrogens with one attached hydrogen (secondary N) is 4. The number of hydrogen-bond donors (Lipinski definition) is 6. The van der Waals surface area contributed by atoms with Crippen LogP contribution >= 0.6 is 0 Å². The van der Waals surface area contributed by atoms with Crippen molar-refractivity contribution in [1.29, 1.82) is 0 Å². The highest BCUT2D eigenvalue weighted by atomic mass is 16.6. The number of hydrazine groups is 1. The number of nitrogens with two attached hydrogens (primary N) is 2. The second-order valence-electron chi connectivity index (χ2n) is 14.1. The summed E-state index contributed by atoms with van der Waals surface area (Å²) in [6, 6.07) is 10.3. The third kappa shape index (κ3) is 9.16. The van der Waals surface area contributed by atoms with Crippen LogP contribution in [0.15, 0.2) is 53.7 Å². The molecule has 0 spiro atoms. The lowest BCUT2D eigenvalue weighted by molar-refractivity contribution is 0.0953. The Kier molecular flexibility index (Phi) is 12.9. The molecule has 0 atom stereocenters. The zero-order valence-corrected chi connectivity index (χ0v) is 34.4. The number of hydrazone groups is 1. The first kappa shape index (κ1) is 41.9. The number of ether oxygens (including phenoxy) is 2. The van der Waals surface area contributed by atoms with E-state index in [0.29, 0.717) is 87.4 Å². The lowest BCUT2D eigenvalue weighted by atomic mass is 10.1. The summed E-state index contributed by atoms with van der Waals surface area (Å²) in [5, 5.41) is 18.3. The van der Waals surface area contributed by atoms with E-state index >= 15 is 0 Å². The number of carbonyl (C=O) groups excluding carboxylic acids is 3. The quantitative estimate of drug-likeness (QED) is 0.0244. The summed E-state index contributed by atoms with van der Waals surface area (Å²) in [6.07, 6.45) is 5.28. The molecule has 2 aromatic carbocycles. The number of rotatable bonds is 13. The van der Waals surface area contributed by atoms with Crippen LogP contribution in [-0.2, 0) is 37.6 Å². The summed E-state index contributed by atoms with van der Waals surface area (Å²) >= 11 is 0. The largest absolute Gasteiger partial charge is 0.491 e. The molecule has 4 aromatic heterocycles. The monoisotopic (exact) mass is 835 g/mol. The second kappa shape index (κ2) is 18.8. The third-order valence-electron chi connectivity index (χ3n) is 9.88. The fourth-order valence-corrected chi connectivity index (χ4v) is 7.08. The lowest BCUT2D eigenvalue weighted by Gasteiger charge is -2.14. The Balaban J connectivity index is 1.25. The fourth-order valence-electron chi connectivity index (χ4n) is 7.08. The van der Waals surface area contributed by atoms with Crippen LogP contribution in [0.3, 0.4) is 0 Å². The lowest BCUT2D eigenvalue weighted by Crippen LogP contribution is -2.35. The highest BCUT2D eigenvalue weighted by molar-refractivity contribution is 6.04. The minimum absolute atomic E-state index is 0.195. The molecule has 0 saturated heterocycles. The molecule has 0 unspecified atom stereocenters. The summed E-state index contributed by atoms with van der Waals surface area (Å²) in [5.74, 6) is 11.8. The first-order valence-corrected chi connectivity index (χ1v) is 19.9. The van der Waals surface area contributed by atoms with Crippen molar-refractivity contribution in [1.82, 2.24) is 49.4 Å². The number of benzene rings is 2. The van der Waals surface area contributed by atoms with Gasteiger partial charge in [0.25, 0.3) is 11.8 Å². The zero-order valence-electron chi connectivity index (χ0n) is 34.4. The first-order chi connectivity index (χ1) is 29.6. The van der Waals surface area contributed by atoms with E-state index in [1.807, 2.05) is 59.7 Å². The standard InChI is InChI=1S/C40H49N15O6/c1-5-54-28(16-24(3)49-54)23-61-51-40-45-30-20-27(37(57)43-11-10-34(47-41)48-42)21-33-36(30)53(40)13-8-7-12-52-35-29(18-26(22-56)19-32(35)59-14-9-15-60-33)44-39(52)46-38(58)31-17-25(4)50-55(31)6-2/h7-8,16-22H,5-6,9-15,23,41-42H2,1-4H3,(H,43,57)(H,45,51)(H,47,48)(H,44,46,58)/b8-7+. The van der Waals surface area contributed by atoms with Crippen LogP contribution in [0.25, 0.3) is 22.1 Å². The minimum atomic E-state index is -0.385. The number of nitrogens with zero attached hydrogens (tertiary/aromatic N) is 9. The van der Waals surface area contributed by atoms with E-state index in [0.717, 1.165) is 17.7 Å². The number of allylic oxidation sites excluding steroid dienone is 2. The Hall–Kier alpha value is -7.26. The molecular weight excluding hydrogens is 787 g/mol. The van der Waals surface area contributed by atoms with Crippen LogP contribution in [0.5, 0.6) is 11.5 Å². The predicted octanol–water partition coefficient (Wildman–Crippen LogP) is 3.32. The van der Waals surface area contributed by atoms with Crippen molar-refractivity contribution in [2.45, 2.75) is 73.3 Å². The molecule has 21 nitrogen and oxygen atoms in total. The van der Waals surface area contributed by atoms with Gasteiger partial charge in [0.05, 0.1) is 41.3 Å². The van der Waals surface area contributed by atoms with Crippen molar-refractivity contribution < 1.29 is 28.7 Å². The maximum Gasteiger partial charge on any atom is 0.276 e. The summed E-state index contributed by atoms with van der Waals surface area (Å²) in [7, 11) is 0. The molecule has 0 aliphatic carbocycles. The molecule has 0 bridgehead atoms. The first-order valence-electron chi connectivity index (χ1n) is 19.9. The second-order valence-corrected chi connectivity index (χ2v) is 14.1. The molecule has 0 fully saturated rings. The van der Waals surface area contributed by atoms with Gasteiger partial charge >= 0.3 is 0 Å². The topological polar surface area (TPSA) is 263 Å². The highest BCUT2D eigenvalue weighted by Gasteiger charge is 2.23. The molecule has 1 aliphatic heterocycles. The van der Waals surface area contributed by atoms with Crippen LogP contribution < -0.4 is 42.7 Å². The van der Waals surface area contributed by atoms with Crippen molar-refractivity contribution in [2.75, 3.05) is 30.6 Å². The summed E-state index contributed by atoms with van der Waals surface area (Å²) in [6.45, 7) is 10.2. The average molecular weight is 836 g/mol. The predicted molar refractivity (Wildman–Crippen MR) is 227 cm³/mol. The van der Waals surface area contributed by atoms with Gasteiger partial charge in [-0.25, -0.2) is 21.3 Å². The Morgan fingerprint density at radius 1 is 0.869 bits per heavy atom. The van der Waals surface area contributed by atoms with Gasteiger partial charge in [0.15, 0.2) is 0 Å². The van der Waals surface area contributed by atoms with Gasteiger partial charge in [-0.3, -0.25) is 33.9 Å². The number of aryl methyl sites for hydroxylation is 4. The SMILES string of the molecule is CCn1nc(C)cc1CONc1nc2cc(C(=O)NCC/C(=N/N)NN)cc3c2n1C/C=C/Cn1c(NC(=O)c2cc(C)nn2CC)nc2cc(C=O)cc(c21)OCCCO3. The Labute approximate surface area is 350 Å². The maximum absolute atomic E-state index is 13.7. The van der Waals surface area contributed by atoms with Gasteiger partial charge < -0.3 is 35.2 Å². The van der Waals surface area contributed by atoms with E-state index < -0.39 is 0 Å². The van der Waals surface area contributed by atoms with Crippen molar-refractivity contribution in [3.63, 3.8) is 0 Å². The Bertz CT molecular complexity index is 2640. The fraction of sp³-hybridized carbons (Fsp3) is 0.350. The van der Waals surface area contributed by atoms with Gasteiger partial charge in [-0.05, 0) is 64.1 Å². The summed E-state index contributed by atoms with van der Waals surface area (Å²) in [4.78, 5) is 54.9. The summed E-state index contributed by atoms with van der Waals surface area (Å²) < 4.78 is 19.9. The molecule has 8 N–H and O–H groups in total. The van der Waals surface area contributed by atoms with Gasteiger partial charge in [0.2, 0.25) is 11.9 Å². The Morgan fingerprint density at radius 2 is 1.52 bits per heavy atom. The van der Waals surface area contributed by atoms with E-state index in [1.54, 1.807) is 35.0 Å². The van der Waals surface area contributed by atoms with Crippen LogP contribution in [0.1, 0.15) is 75.0 Å². The molecule has 0 radical (unpaired) electrons. The van der Waals surface area contributed by atoms with Gasteiger partial charge in [0.1, 0.15) is 47.0 Å². The molecule has 6 aromatic rings. The number of carbonyl (C=O) groups is 3. The number of aromatic nitrogens is 8. The van der Waals surface area contributed by atoms with Gasteiger partial charge in [0, 0.05) is 56.7 Å². The van der Waals surface area contributed by atoms with E-state index in [9.17, 15) is 14.4 Å². The molecular formula is C40H49N15O6.